The van der Waals surface area contributed by atoms with Crippen LogP contribution in [0.1, 0.15) is 40.7 Å². The normalized spacial score (nSPS) is 11.7. The van der Waals surface area contributed by atoms with E-state index in [0.717, 1.165) is 0 Å². The van der Waals surface area contributed by atoms with E-state index >= 15 is 0 Å². The van der Waals surface area contributed by atoms with Crippen molar-refractivity contribution >= 4 is 17.5 Å². The quantitative estimate of drug-likeness (QED) is 0.657. The van der Waals surface area contributed by atoms with Gasteiger partial charge in [0, 0.05) is 17.0 Å². The largest absolute Gasteiger partial charge is 0.481 e. The lowest BCUT2D eigenvalue weighted by molar-refractivity contribution is -0.140. The maximum atomic E-state index is 12.4. The van der Waals surface area contributed by atoms with Crippen LogP contribution in [0.25, 0.3) is 0 Å². The van der Waals surface area contributed by atoms with E-state index in [1.807, 2.05) is 6.07 Å². The molecule has 0 fully saturated rings. The highest BCUT2D eigenvalue weighted by molar-refractivity contribution is 6.09. The van der Waals surface area contributed by atoms with Gasteiger partial charge in [-0.3, -0.25) is 14.4 Å². The standard InChI is InChI=1S/C18H16O4/c1-12(16(19)11-17(20)21)14-8-5-9-15(10-14)18(22)13-6-3-2-4-7-13/h2-10,12H,11H2,1H3,(H,20,21). The highest BCUT2D eigenvalue weighted by Gasteiger charge is 2.19. The van der Waals surface area contributed by atoms with Gasteiger partial charge >= 0.3 is 5.97 Å². The van der Waals surface area contributed by atoms with E-state index < -0.39 is 18.3 Å². The molecule has 0 saturated heterocycles. The lowest BCUT2D eigenvalue weighted by atomic mass is 9.92. The first kappa shape index (κ1) is 15.6. The number of benzene rings is 2. The van der Waals surface area contributed by atoms with E-state index in [4.69, 9.17) is 5.11 Å². The molecule has 2 aromatic rings. The monoisotopic (exact) mass is 296 g/mol. The van der Waals surface area contributed by atoms with Crippen LogP contribution in [-0.4, -0.2) is 22.6 Å². The number of carbonyl (C=O) groups is 3. The van der Waals surface area contributed by atoms with Crippen molar-refractivity contribution in [3.05, 3.63) is 71.3 Å². The Bertz CT molecular complexity index is 704. The van der Waals surface area contributed by atoms with Gasteiger partial charge in [0.2, 0.25) is 0 Å². The van der Waals surface area contributed by atoms with Gasteiger partial charge in [-0.2, -0.15) is 0 Å². The van der Waals surface area contributed by atoms with Crippen LogP contribution in [0, 0.1) is 0 Å². The average Bonchev–Trinajstić information content (AvgIpc) is 2.53. The van der Waals surface area contributed by atoms with Crippen molar-refractivity contribution in [3.63, 3.8) is 0 Å². The van der Waals surface area contributed by atoms with E-state index in [9.17, 15) is 14.4 Å². The van der Waals surface area contributed by atoms with E-state index in [-0.39, 0.29) is 11.6 Å². The summed E-state index contributed by atoms with van der Waals surface area (Å²) in [6, 6.07) is 15.6. The molecule has 0 amide bonds. The summed E-state index contributed by atoms with van der Waals surface area (Å²) in [6.45, 7) is 1.65. The summed E-state index contributed by atoms with van der Waals surface area (Å²) in [7, 11) is 0. The zero-order valence-electron chi connectivity index (χ0n) is 12.2. The Morgan fingerprint density at radius 3 is 2.23 bits per heavy atom. The van der Waals surface area contributed by atoms with Gasteiger partial charge in [-0.15, -0.1) is 0 Å². The third-order valence-electron chi connectivity index (χ3n) is 3.49. The van der Waals surface area contributed by atoms with Crippen LogP contribution in [0.4, 0.5) is 0 Å². The number of ketones is 2. The number of hydrogen-bond donors (Lipinski definition) is 1. The average molecular weight is 296 g/mol. The van der Waals surface area contributed by atoms with Crippen molar-refractivity contribution in [1.82, 2.24) is 0 Å². The molecular weight excluding hydrogens is 280 g/mol. The zero-order chi connectivity index (χ0) is 16.1. The third kappa shape index (κ3) is 3.67. The summed E-state index contributed by atoms with van der Waals surface area (Å²) in [4.78, 5) is 34.9. The number of rotatable bonds is 6. The summed E-state index contributed by atoms with van der Waals surface area (Å²) in [5, 5.41) is 8.70. The van der Waals surface area contributed by atoms with Crippen LogP contribution in [-0.2, 0) is 9.59 Å². The maximum Gasteiger partial charge on any atom is 0.310 e. The highest BCUT2D eigenvalue weighted by atomic mass is 16.4. The predicted octanol–water partition coefficient (Wildman–Crippen LogP) is 3.06. The van der Waals surface area contributed by atoms with Crippen molar-refractivity contribution < 1.29 is 19.5 Å². The molecule has 4 nitrogen and oxygen atoms in total. The van der Waals surface area contributed by atoms with Crippen LogP contribution in [0.5, 0.6) is 0 Å². The van der Waals surface area contributed by atoms with Gasteiger partial charge < -0.3 is 5.11 Å². The first-order chi connectivity index (χ1) is 10.5. The first-order valence-corrected chi connectivity index (χ1v) is 6.93. The lowest BCUT2D eigenvalue weighted by Crippen LogP contribution is -2.14. The molecule has 1 unspecified atom stereocenters. The molecule has 2 rings (SSSR count). The Balaban J connectivity index is 2.25. The van der Waals surface area contributed by atoms with Gasteiger partial charge in [0.25, 0.3) is 0 Å². The minimum absolute atomic E-state index is 0.125. The molecule has 0 radical (unpaired) electrons. The Morgan fingerprint density at radius 1 is 0.955 bits per heavy atom. The molecule has 1 N–H and O–H groups in total. The van der Waals surface area contributed by atoms with Gasteiger partial charge in [-0.1, -0.05) is 55.5 Å². The number of Topliss-reactive ketones (excluding diaryl/α,β-unsaturated/α-hetero) is 1. The van der Waals surface area contributed by atoms with Gasteiger partial charge in [-0.25, -0.2) is 0 Å². The van der Waals surface area contributed by atoms with Crippen LogP contribution < -0.4 is 0 Å². The highest BCUT2D eigenvalue weighted by Crippen LogP contribution is 2.20. The smallest absolute Gasteiger partial charge is 0.310 e. The topological polar surface area (TPSA) is 71.4 Å². The van der Waals surface area contributed by atoms with E-state index in [2.05, 4.69) is 0 Å². The van der Waals surface area contributed by atoms with Crippen molar-refractivity contribution in [2.75, 3.05) is 0 Å². The Kier molecular flexibility index (Phi) is 4.84. The van der Waals surface area contributed by atoms with E-state index in [1.54, 1.807) is 55.5 Å². The molecule has 22 heavy (non-hydrogen) atoms. The third-order valence-corrected chi connectivity index (χ3v) is 3.49. The fourth-order valence-electron chi connectivity index (χ4n) is 2.19. The maximum absolute atomic E-state index is 12.4. The van der Waals surface area contributed by atoms with Crippen LogP contribution in [0.3, 0.4) is 0 Å². The summed E-state index contributed by atoms with van der Waals surface area (Å²) in [5.74, 6) is -2.20. The summed E-state index contributed by atoms with van der Waals surface area (Å²) >= 11 is 0. The van der Waals surface area contributed by atoms with Crippen molar-refractivity contribution in [2.24, 2.45) is 0 Å². The molecule has 0 aliphatic heterocycles. The van der Waals surface area contributed by atoms with Crippen molar-refractivity contribution in [2.45, 2.75) is 19.3 Å². The molecule has 4 heteroatoms. The van der Waals surface area contributed by atoms with Gasteiger partial charge in [0.15, 0.2) is 11.6 Å². The number of aliphatic carboxylic acids is 1. The molecule has 0 aromatic heterocycles. The minimum atomic E-state index is -1.15. The second kappa shape index (κ2) is 6.80. The van der Waals surface area contributed by atoms with E-state index in [1.165, 1.54) is 0 Å². The fraction of sp³-hybridized carbons (Fsp3) is 0.167. The zero-order valence-corrected chi connectivity index (χ0v) is 12.2. The SMILES string of the molecule is CC(C(=O)CC(=O)O)c1cccc(C(=O)c2ccccc2)c1. The Hall–Kier alpha value is -2.75. The number of carboxylic acid groups (broad SMARTS) is 1. The Morgan fingerprint density at radius 2 is 1.59 bits per heavy atom. The minimum Gasteiger partial charge on any atom is -0.481 e. The molecule has 0 spiro atoms. The molecule has 0 heterocycles. The predicted molar refractivity (Wildman–Crippen MR) is 82.0 cm³/mol. The van der Waals surface area contributed by atoms with Gasteiger partial charge in [0.1, 0.15) is 6.42 Å². The fourth-order valence-corrected chi connectivity index (χ4v) is 2.19. The molecule has 0 aliphatic rings. The van der Waals surface area contributed by atoms with Gasteiger partial charge in [-0.05, 0) is 11.6 Å². The second-order valence-electron chi connectivity index (χ2n) is 5.08. The Labute approximate surface area is 128 Å². The number of hydrogen-bond acceptors (Lipinski definition) is 3. The molecule has 0 bridgehead atoms. The molecule has 0 saturated carbocycles. The van der Waals surface area contributed by atoms with Crippen LogP contribution >= 0.6 is 0 Å². The van der Waals surface area contributed by atoms with Gasteiger partial charge in [0.05, 0.1) is 0 Å². The second-order valence-corrected chi connectivity index (χ2v) is 5.08. The first-order valence-electron chi connectivity index (χ1n) is 6.93. The summed E-state index contributed by atoms with van der Waals surface area (Å²) in [5.41, 5.74) is 1.70. The molecule has 2 aromatic carbocycles. The van der Waals surface area contributed by atoms with E-state index in [0.29, 0.717) is 16.7 Å². The van der Waals surface area contributed by atoms with Crippen LogP contribution in [0.15, 0.2) is 54.6 Å². The summed E-state index contributed by atoms with van der Waals surface area (Å²) < 4.78 is 0. The van der Waals surface area contributed by atoms with Crippen molar-refractivity contribution in [1.29, 1.82) is 0 Å². The molecule has 1 atom stereocenters. The summed E-state index contributed by atoms with van der Waals surface area (Å²) in [6.07, 6.45) is -0.516. The van der Waals surface area contributed by atoms with Crippen molar-refractivity contribution in [3.8, 4) is 0 Å². The van der Waals surface area contributed by atoms with Crippen LogP contribution in [0.2, 0.25) is 0 Å². The number of carboxylic acids is 1. The molecule has 0 aliphatic carbocycles. The molecular formula is C18H16O4. The lowest BCUT2D eigenvalue weighted by Gasteiger charge is -2.11. The molecule has 112 valence electrons. The number of carbonyl (C=O) groups excluding carboxylic acids is 2.